The van der Waals surface area contributed by atoms with Gasteiger partial charge in [0, 0.05) is 36.5 Å². The van der Waals surface area contributed by atoms with Crippen molar-refractivity contribution in [1.29, 1.82) is 0 Å². The van der Waals surface area contributed by atoms with Crippen molar-refractivity contribution < 1.29 is 14.8 Å². The number of nitro benzene ring substituents is 1. The van der Waals surface area contributed by atoms with E-state index >= 15 is 0 Å². The molecular formula is C15H15N3O4. The SMILES string of the molecule is O=C(NCCNc1ccc([N+](=O)[O-])cc1)c1ccc(O)cc1. The molecule has 1 amide bonds. The molecule has 7 heteroatoms. The van der Waals surface area contributed by atoms with E-state index in [-0.39, 0.29) is 17.3 Å². The summed E-state index contributed by atoms with van der Waals surface area (Å²) in [5.74, 6) is -0.123. The van der Waals surface area contributed by atoms with Crippen LogP contribution in [0.1, 0.15) is 10.4 Å². The van der Waals surface area contributed by atoms with Crippen LogP contribution in [0.15, 0.2) is 48.5 Å². The van der Waals surface area contributed by atoms with Crippen LogP contribution in [0.4, 0.5) is 11.4 Å². The van der Waals surface area contributed by atoms with Gasteiger partial charge in [0.1, 0.15) is 5.75 Å². The minimum absolute atomic E-state index is 0.0335. The van der Waals surface area contributed by atoms with E-state index in [4.69, 9.17) is 5.11 Å². The highest BCUT2D eigenvalue weighted by Crippen LogP contribution is 2.15. The lowest BCUT2D eigenvalue weighted by atomic mass is 10.2. The number of nitrogens with zero attached hydrogens (tertiary/aromatic N) is 1. The molecule has 0 saturated carbocycles. The number of carbonyl (C=O) groups is 1. The fourth-order valence-electron chi connectivity index (χ4n) is 1.80. The first-order valence-electron chi connectivity index (χ1n) is 6.62. The Kier molecular flexibility index (Phi) is 4.92. The summed E-state index contributed by atoms with van der Waals surface area (Å²) in [5, 5.41) is 25.5. The topological polar surface area (TPSA) is 104 Å². The Balaban J connectivity index is 1.75. The van der Waals surface area contributed by atoms with Gasteiger partial charge in [0.15, 0.2) is 0 Å². The van der Waals surface area contributed by atoms with Crippen molar-refractivity contribution in [3.63, 3.8) is 0 Å². The highest BCUT2D eigenvalue weighted by Gasteiger charge is 2.05. The summed E-state index contributed by atoms with van der Waals surface area (Å²) in [5.41, 5.74) is 1.24. The monoisotopic (exact) mass is 301 g/mol. The summed E-state index contributed by atoms with van der Waals surface area (Å²) in [6, 6.07) is 12.0. The van der Waals surface area contributed by atoms with Crippen molar-refractivity contribution in [3.8, 4) is 5.75 Å². The van der Waals surface area contributed by atoms with Gasteiger partial charge in [-0.1, -0.05) is 0 Å². The molecule has 0 bridgehead atoms. The average molecular weight is 301 g/mol. The van der Waals surface area contributed by atoms with Gasteiger partial charge in [-0.15, -0.1) is 0 Å². The summed E-state index contributed by atoms with van der Waals surface area (Å²) >= 11 is 0. The van der Waals surface area contributed by atoms with E-state index < -0.39 is 4.92 Å². The number of hydrogen-bond acceptors (Lipinski definition) is 5. The number of carbonyl (C=O) groups excluding carboxylic acids is 1. The Morgan fingerprint density at radius 3 is 2.27 bits per heavy atom. The number of amides is 1. The summed E-state index contributed by atoms with van der Waals surface area (Å²) in [6.07, 6.45) is 0. The molecule has 22 heavy (non-hydrogen) atoms. The summed E-state index contributed by atoms with van der Waals surface area (Å²) in [4.78, 5) is 21.9. The lowest BCUT2D eigenvalue weighted by Crippen LogP contribution is -2.28. The van der Waals surface area contributed by atoms with Gasteiger partial charge in [0.25, 0.3) is 11.6 Å². The highest BCUT2D eigenvalue weighted by atomic mass is 16.6. The van der Waals surface area contributed by atoms with Crippen LogP contribution in [0.2, 0.25) is 0 Å². The van der Waals surface area contributed by atoms with Crippen LogP contribution >= 0.6 is 0 Å². The van der Waals surface area contributed by atoms with Crippen molar-refractivity contribution in [3.05, 3.63) is 64.2 Å². The normalized spacial score (nSPS) is 10.0. The minimum atomic E-state index is -0.457. The summed E-state index contributed by atoms with van der Waals surface area (Å²) < 4.78 is 0. The summed E-state index contributed by atoms with van der Waals surface area (Å²) in [7, 11) is 0. The molecule has 0 atom stereocenters. The number of rotatable bonds is 6. The molecule has 0 aliphatic carbocycles. The Labute approximate surface area is 126 Å². The lowest BCUT2D eigenvalue weighted by Gasteiger charge is -2.08. The quantitative estimate of drug-likeness (QED) is 0.431. The second-order valence-electron chi connectivity index (χ2n) is 4.53. The predicted octanol–water partition coefficient (Wildman–Crippen LogP) is 2.14. The van der Waals surface area contributed by atoms with E-state index in [1.54, 1.807) is 12.1 Å². The number of benzene rings is 2. The molecule has 0 aliphatic rings. The number of anilines is 1. The predicted molar refractivity (Wildman–Crippen MR) is 82.0 cm³/mol. The lowest BCUT2D eigenvalue weighted by molar-refractivity contribution is -0.384. The van der Waals surface area contributed by atoms with E-state index in [0.29, 0.717) is 18.7 Å². The Morgan fingerprint density at radius 2 is 1.68 bits per heavy atom. The Hall–Kier alpha value is -3.09. The van der Waals surface area contributed by atoms with Gasteiger partial charge in [0.05, 0.1) is 4.92 Å². The molecule has 0 saturated heterocycles. The van der Waals surface area contributed by atoms with Gasteiger partial charge in [-0.3, -0.25) is 14.9 Å². The van der Waals surface area contributed by atoms with Crippen LogP contribution in [0.3, 0.4) is 0 Å². The number of nitrogens with one attached hydrogen (secondary N) is 2. The zero-order valence-electron chi connectivity index (χ0n) is 11.7. The van der Waals surface area contributed by atoms with Gasteiger partial charge in [-0.05, 0) is 36.4 Å². The molecule has 114 valence electrons. The van der Waals surface area contributed by atoms with E-state index in [1.807, 2.05) is 0 Å². The largest absolute Gasteiger partial charge is 0.508 e. The number of hydrogen-bond donors (Lipinski definition) is 3. The molecule has 2 rings (SSSR count). The molecular weight excluding hydrogens is 286 g/mol. The third-order valence-electron chi connectivity index (χ3n) is 2.95. The molecule has 0 radical (unpaired) electrons. The first-order chi connectivity index (χ1) is 10.6. The smallest absolute Gasteiger partial charge is 0.269 e. The van der Waals surface area contributed by atoms with Gasteiger partial charge in [0.2, 0.25) is 0 Å². The van der Waals surface area contributed by atoms with Crippen LogP contribution in [-0.4, -0.2) is 29.0 Å². The molecule has 0 unspecified atom stereocenters. The van der Waals surface area contributed by atoms with E-state index in [1.165, 1.54) is 36.4 Å². The fraction of sp³-hybridized carbons (Fsp3) is 0.133. The van der Waals surface area contributed by atoms with Crippen molar-refractivity contribution in [1.82, 2.24) is 5.32 Å². The third-order valence-corrected chi connectivity index (χ3v) is 2.95. The van der Waals surface area contributed by atoms with E-state index in [0.717, 1.165) is 5.69 Å². The van der Waals surface area contributed by atoms with Crippen LogP contribution in [0.5, 0.6) is 5.75 Å². The summed E-state index contributed by atoms with van der Waals surface area (Å²) in [6.45, 7) is 0.887. The van der Waals surface area contributed by atoms with Crippen molar-refractivity contribution in [2.75, 3.05) is 18.4 Å². The molecule has 0 aromatic heterocycles. The van der Waals surface area contributed by atoms with E-state index in [2.05, 4.69) is 10.6 Å². The first-order valence-corrected chi connectivity index (χ1v) is 6.62. The Morgan fingerprint density at radius 1 is 1.05 bits per heavy atom. The maximum atomic E-state index is 11.8. The molecule has 2 aromatic carbocycles. The highest BCUT2D eigenvalue weighted by molar-refractivity contribution is 5.94. The molecule has 0 spiro atoms. The van der Waals surface area contributed by atoms with Crippen LogP contribution in [-0.2, 0) is 0 Å². The van der Waals surface area contributed by atoms with Gasteiger partial charge >= 0.3 is 0 Å². The number of aromatic hydroxyl groups is 1. The van der Waals surface area contributed by atoms with Crippen LogP contribution in [0, 0.1) is 10.1 Å². The third kappa shape index (κ3) is 4.20. The zero-order valence-corrected chi connectivity index (χ0v) is 11.7. The first kappa shape index (κ1) is 15.3. The van der Waals surface area contributed by atoms with Gasteiger partial charge in [-0.25, -0.2) is 0 Å². The second kappa shape index (κ2) is 7.07. The maximum absolute atomic E-state index is 11.8. The Bertz CT molecular complexity index is 653. The van der Waals surface area contributed by atoms with Crippen molar-refractivity contribution in [2.45, 2.75) is 0 Å². The van der Waals surface area contributed by atoms with Crippen LogP contribution in [0.25, 0.3) is 0 Å². The van der Waals surface area contributed by atoms with E-state index in [9.17, 15) is 14.9 Å². The molecule has 0 heterocycles. The molecule has 7 nitrogen and oxygen atoms in total. The number of nitro groups is 1. The minimum Gasteiger partial charge on any atom is -0.508 e. The molecule has 0 fully saturated rings. The second-order valence-corrected chi connectivity index (χ2v) is 4.53. The molecule has 3 N–H and O–H groups in total. The van der Waals surface area contributed by atoms with Crippen LogP contribution < -0.4 is 10.6 Å². The standard InChI is InChI=1S/C15H15N3O4/c19-14-7-1-11(2-8-14)15(20)17-10-9-16-12-3-5-13(6-4-12)18(21)22/h1-8,16,19H,9-10H2,(H,17,20). The van der Waals surface area contributed by atoms with Gasteiger partial charge < -0.3 is 15.7 Å². The van der Waals surface area contributed by atoms with Crippen molar-refractivity contribution >= 4 is 17.3 Å². The number of non-ortho nitro benzene ring substituents is 1. The number of phenols is 1. The molecule has 0 aliphatic heterocycles. The maximum Gasteiger partial charge on any atom is 0.269 e. The van der Waals surface area contributed by atoms with Gasteiger partial charge in [-0.2, -0.15) is 0 Å². The van der Waals surface area contributed by atoms with Crippen molar-refractivity contribution in [2.24, 2.45) is 0 Å². The number of phenolic OH excluding ortho intramolecular Hbond substituents is 1. The molecule has 2 aromatic rings. The average Bonchev–Trinajstić information content (AvgIpc) is 2.52. The fourth-order valence-corrected chi connectivity index (χ4v) is 1.80. The zero-order chi connectivity index (χ0) is 15.9.